The molecule has 1 fully saturated rings. The van der Waals surface area contributed by atoms with Crippen LogP contribution >= 0.6 is 45.8 Å². The van der Waals surface area contributed by atoms with E-state index in [1.807, 2.05) is 47.4 Å². The predicted molar refractivity (Wildman–Crippen MR) is 118 cm³/mol. The normalized spacial score (nSPS) is 20.2. The summed E-state index contributed by atoms with van der Waals surface area (Å²) < 4.78 is 1.10. The van der Waals surface area contributed by atoms with Crippen LogP contribution in [0, 0.1) is 0 Å². The van der Waals surface area contributed by atoms with Gasteiger partial charge in [0.2, 0.25) is 0 Å². The number of amides is 1. The SMILES string of the molecule is O=C(c1ccccc1)N1CCC[C@](CCCI)(c2ccc(Cl)c(Cl)c2)C1. The number of rotatable bonds is 5. The molecule has 1 saturated heterocycles. The van der Waals surface area contributed by atoms with Gasteiger partial charge in [0.1, 0.15) is 0 Å². The van der Waals surface area contributed by atoms with Gasteiger partial charge in [-0.2, -0.15) is 0 Å². The zero-order chi connectivity index (χ0) is 18.6. The third kappa shape index (κ3) is 4.37. The second kappa shape index (κ2) is 8.94. The molecule has 0 unspecified atom stereocenters. The van der Waals surface area contributed by atoms with E-state index in [1.54, 1.807) is 0 Å². The Morgan fingerprint density at radius 3 is 2.58 bits per heavy atom. The van der Waals surface area contributed by atoms with Crippen LogP contribution in [-0.4, -0.2) is 28.3 Å². The number of benzene rings is 2. The first-order valence-electron chi connectivity index (χ1n) is 8.91. The molecule has 1 aliphatic rings. The number of halogens is 3. The smallest absolute Gasteiger partial charge is 0.253 e. The maximum atomic E-state index is 13.0. The number of alkyl halides is 1. The molecule has 0 radical (unpaired) electrons. The topological polar surface area (TPSA) is 20.3 Å². The van der Waals surface area contributed by atoms with Gasteiger partial charge in [0.05, 0.1) is 10.0 Å². The third-order valence-corrected chi connectivity index (χ3v) is 6.71. The molecule has 1 atom stereocenters. The lowest BCUT2D eigenvalue weighted by atomic mass is 9.71. The summed E-state index contributed by atoms with van der Waals surface area (Å²) in [5, 5.41) is 1.16. The Kier molecular flexibility index (Phi) is 6.87. The first-order chi connectivity index (χ1) is 12.6. The molecule has 1 aliphatic heterocycles. The van der Waals surface area contributed by atoms with Gasteiger partial charge in [0, 0.05) is 24.1 Å². The van der Waals surface area contributed by atoms with E-state index < -0.39 is 0 Å². The Labute approximate surface area is 179 Å². The van der Waals surface area contributed by atoms with E-state index in [0.717, 1.165) is 48.8 Å². The fraction of sp³-hybridized carbons (Fsp3) is 0.381. The number of carbonyl (C=O) groups excluding carboxylic acids is 1. The van der Waals surface area contributed by atoms with Crippen molar-refractivity contribution in [1.29, 1.82) is 0 Å². The number of likely N-dealkylation sites (tertiary alicyclic amines) is 1. The van der Waals surface area contributed by atoms with Crippen molar-refractivity contribution in [3.8, 4) is 0 Å². The molecule has 2 aromatic carbocycles. The van der Waals surface area contributed by atoms with Gasteiger partial charge < -0.3 is 4.90 Å². The van der Waals surface area contributed by atoms with Crippen molar-refractivity contribution in [3.63, 3.8) is 0 Å². The van der Waals surface area contributed by atoms with Crippen molar-refractivity contribution in [1.82, 2.24) is 4.90 Å². The standard InChI is InChI=1S/C21H22Cl2INO/c22-18-9-8-17(14-19(18)23)21(10-4-12-24)11-5-13-25(15-21)20(26)16-6-2-1-3-7-16/h1-3,6-9,14H,4-5,10-13,15H2/t21-/m0/s1. The summed E-state index contributed by atoms with van der Waals surface area (Å²) in [5.74, 6) is 0.115. The maximum Gasteiger partial charge on any atom is 0.253 e. The molecule has 0 N–H and O–H groups in total. The van der Waals surface area contributed by atoms with Gasteiger partial charge in [-0.05, 0) is 59.9 Å². The zero-order valence-electron chi connectivity index (χ0n) is 14.6. The first-order valence-corrected chi connectivity index (χ1v) is 11.2. The Bertz CT molecular complexity index is 768. The molecule has 5 heteroatoms. The van der Waals surface area contributed by atoms with Gasteiger partial charge in [-0.25, -0.2) is 0 Å². The minimum absolute atomic E-state index is 0.0535. The number of hydrogen-bond acceptors (Lipinski definition) is 1. The van der Waals surface area contributed by atoms with E-state index in [0.29, 0.717) is 10.0 Å². The second-order valence-electron chi connectivity index (χ2n) is 6.90. The zero-order valence-corrected chi connectivity index (χ0v) is 18.2. The minimum Gasteiger partial charge on any atom is -0.338 e. The van der Waals surface area contributed by atoms with Crippen LogP contribution in [0.1, 0.15) is 41.6 Å². The van der Waals surface area contributed by atoms with E-state index in [2.05, 4.69) is 28.7 Å². The van der Waals surface area contributed by atoms with E-state index in [9.17, 15) is 4.79 Å². The number of carbonyl (C=O) groups is 1. The molecule has 2 aromatic rings. The molecule has 2 nitrogen and oxygen atoms in total. The predicted octanol–water partition coefficient (Wildman–Crippen LogP) is 6.38. The summed E-state index contributed by atoms with van der Waals surface area (Å²) in [6.45, 7) is 1.54. The van der Waals surface area contributed by atoms with Crippen molar-refractivity contribution < 1.29 is 4.79 Å². The molecule has 0 aromatic heterocycles. The fourth-order valence-electron chi connectivity index (χ4n) is 3.88. The molecular weight excluding hydrogens is 480 g/mol. The van der Waals surface area contributed by atoms with Gasteiger partial charge in [-0.1, -0.05) is 70.1 Å². The minimum atomic E-state index is -0.0535. The van der Waals surface area contributed by atoms with Crippen LogP contribution in [0.25, 0.3) is 0 Å². The molecular formula is C21H22Cl2INO. The Balaban J connectivity index is 1.91. The quantitative estimate of drug-likeness (QED) is 0.343. The summed E-state index contributed by atoms with van der Waals surface area (Å²) >= 11 is 14.9. The highest BCUT2D eigenvalue weighted by molar-refractivity contribution is 14.1. The molecule has 138 valence electrons. The van der Waals surface area contributed by atoms with Gasteiger partial charge in [0.25, 0.3) is 5.91 Å². The van der Waals surface area contributed by atoms with Crippen LogP contribution in [0.2, 0.25) is 10.0 Å². The molecule has 1 amide bonds. The molecule has 3 rings (SSSR count). The van der Waals surface area contributed by atoms with E-state index in [-0.39, 0.29) is 11.3 Å². The van der Waals surface area contributed by atoms with E-state index in [1.165, 1.54) is 5.56 Å². The summed E-state index contributed by atoms with van der Waals surface area (Å²) in [4.78, 5) is 15.0. The third-order valence-electron chi connectivity index (χ3n) is 5.21. The largest absolute Gasteiger partial charge is 0.338 e. The van der Waals surface area contributed by atoms with Crippen molar-refractivity contribution in [2.75, 3.05) is 17.5 Å². The van der Waals surface area contributed by atoms with Gasteiger partial charge in [-0.3, -0.25) is 4.79 Å². The Morgan fingerprint density at radius 1 is 1.12 bits per heavy atom. The lowest BCUT2D eigenvalue weighted by molar-refractivity contribution is 0.0626. The second-order valence-corrected chi connectivity index (χ2v) is 8.79. The van der Waals surface area contributed by atoms with E-state index >= 15 is 0 Å². The van der Waals surface area contributed by atoms with Gasteiger partial charge in [-0.15, -0.1) is 0 Å². The molecule has 0 aliphatic carbocycles. The molecule has 0 spiro atoms. The van der Waals surface area contributed by atoms with Crippen molar-refractivity contribution in [3.05, 3.63) is 69.7 Å². The first kappa shape index (κ1) is 20.0. The lowest BCUT2D eigenvalue weighted by Gasteiger charge is -2.44. The summed E-state index contributed by atoms with van der Waals surface area (Å²) in [7, 11) is 0. The van der Waals surface area contributed by atoms with Crippen LogP contribution < -0.4 is 0 Å². The number of nitrogens with zero attached hydrogens (tertiary/aromatic N) is 1. The maximum absolute atomic E-state index is 13.0. The summed E-state index contributed by atoms with van der Waals surface area (Å²) in [6.07, 6.45) is 4.24. The lowest BCUT2D eigenvalue weighted by Crippen LogP contribution is -2.48. The highest BCUT2D eigenvalue weighted by Crippen LogP contribution is 2.40. The highest BCUT2D eigenvalue weighted by Gasteiger charge is 2.38. The Morgan fingerprint density at radius 2 is 1.88 bits per heavy atom. The molecule has 26 heavy (non-hydrogen) atoms. The monoisotopic (exact) mass is 501 g/mol. The summed E-state index contributed by atoms with van der Waals surface area (Å²) in [6, 6.07) is 15.5. The van der Waals surface area contributed by atoms with Crippen LogP contribution in [0.15, 0.2) is 48.5 Å². The van der Waals surface area contributed by atoms with Crippen LogP contribution in [-0.2, 0) is 5.41 Å². The highest BCUT2D eigenvalue weighted by atomic mass is 127. The van der Waals surface area contributed by atoms with Crippen LogP contribution in [0.4, 0.5) is 0 Å². The average Bonchev–Trinajstić information content (AvgIpc) is 2.68. The van der Waals surface area contributed by atoms with E-state index in [4.69, 9.17) is 23.2 Å². The average molecular weight is 502 g/mol. The van der Waals surface area contributed by atoms with Gasteiger partial charge in [0.15, 0.2) is 0 Å². The molecule has 0 saturated carbocycles. The molecule has 0 bridgehead atoms. The fourth-order valence-corrected chi connectivity index (χ4v) is 4.56. The van der Waals surface area contributed by atoms with Crippen molar-refractivity contribution >= 4 is 51.7 Å². The summed E-state index contributed by atoms with van der Waals surface area (Å²) in [5.41, 5.74) is 1.90. The van der Waals surface area contributed by atoms with Crippen LogP contribution in [0.5, 0.6) is 0 Å². The van der Waals surface area contributed by atoms with Gasteiger partial charge >= 0.3 is 0 Å². The van der Waals surface area contributed by atoms with Crippen molar-refractivity contribution in [2.24, 2.45) is 0 Å². The number of hydrogen-bond donors (Lipinski definition) is 0. The Hall–Kier alpha value is -0.780. The van der Waals surface area contributed by atoms with Crippen LogP contribution in [0.3, 0.4) is 0 Å². The van der Waals surface area contributed by atoms with Crippen molar-refractivity contribution in [2.45, 2.75) is 31.1 Å². The number of piperidine rings is 1. The molecule has 1 heterocycles.